The molecule has 106 valence electrons. The molecule has 19 heavy (non-hydrogen) atoms. The standard InChI is InChI=1S/C16H26N2O/c1-12-9-15(18(4)11-16(2,3)19)8-5-13(12)10-17-14-6-7-14/h5,8-9,14,17,19H,6-7,10-11H2,1-4H3. The summed E-state index contributed by atoms with van der Waals surface area (Å²) in [4.78, 5) is 2.10. The minimum atomic E-state index is -0.672. The van der Waals surface area contributed by atoms with Gasteiger partial charge in [0.2, 0.25) is 0 Å². The van der Waals surface area contributed by atoms with Crippen LogP contribution in [0.25, 0.3) is 0 Å². The number of aliphatic hydroxyl groups is 1. The summed E-state index contributed by atoms with van der Waals surface area (Å²) in [6, 6.07) is 7.29. The monoisotopic (exact) mass is 262 g/mol. The Kier molecular flexibility index (Phi) is 4.16. The smallest absolute Gasteiger partial charge is 0.0765 e. The highest BCUT2D eigenvalue weighted by Gasteiger charge is 2.20. The number of hydrogen-bond acceptors (Lipinski definition) is 3. The van der Waals surface area contributed by atoms with Crippen molar-refractivity contribution in [3.05, 3.63) is 29.3 Å². The highest BCUT2D eigenvalue weighted by Crippen LogP contribution is 2.22. The van der Waals surface area contributed by atoms with E-state index in [-0.39, 0.29) is 0 Å². The van der Waals surface area contributed by atoms with Crippen molar-refractivity contribution in [3.8, 4) is 0 Å². The Morgan fingerprint density at radius 1 is 1.37 bits per heavy atom. The van der Waals surface area contributed by atoms with Crippen molar-refractivity contribution < 1.29 is 5.11 Å². The first-order valence-electron chi connectivity index (χ1n) is 7.11. The highest BCUT2D eigenvalue weighted by atomic mass is 16.3. The van der Waals surface area contributed by atoms with E-state index in [0.717, 1.165) is 18.3 Å². The van der Waals surface area contributed by atoms with Crippen molar-refractivity contribution in [2.75, 3.05) is 18.5 Å². The molecule has 0 aliphatic heterocycles. The first kappa shape index (κ1) is 14.4. The first-order valence-corrected chi connectivity index (χ1v) is 7.11. The third kappa shape index (κ3) is 4.51. The molecular weight excluding hydrogens is 236 g/mol. The summed E-state index contributed by atoms with van der Waals surface area (Å²) in [5.41, 5.74) is 3.17. The molecule has 1 aliphatic carbocycles. The van der Waals surface area contributed by atoms with Gasteiger partial charge in [-0.25, -0.2) is 0 Å². The van der Waals surface area contributed by atoms with E-state index in [0.29, 0.717) is 6.54 Å². The molecule has 0 heterocycles. The largest absolute Gasteiger partial charge is 0.389 e. The number of anilines is 1. The van der Waals surface area contributed by atoms with Crippen LogP contribution in [0.2, 0.25) is 0 Å². The van der Waals surface area contributed by atoms with E-state index in [1.54, 1.807) is 0 Å². The van der Waals surface area contributed by atoms with Crippen molar-refractivity contribution in [1.29, 1.82) is 0 Å². The molecule has 0 amide bonds. The molecule has 0 atom stereocenters. The molecule has 0 unspecified atom stereocenters. The molecule has 0 radical (unpaired) electrons. The molecule has 0 saturated heterocycles. The van der Waals surface area contributed by atoms with Crippen LogP contribution in [0.5, 0.6) is 0 Å². The Bertz CT molecular complexity index is 433. The average Bonchev–Trinajstić information content (AvgIpc) is 3.08. The molecule has 1 aromatic rings. The number of aryl methyl sites for hydroxylation is 1. The molecular formula is C16H26N2O. The van der Waals surface area contributed by atoms with Crippen LogP contribution in [0.4, 0.5) is 5.69 Å². The lowest BCUT2D eigenvalue weighted by Crippen LogP contribution is -2.36. The van der Waals surface area contributed by atoms with Gasteiger partial charge >= 0.3 is 0 Å². The third-order valence-electron chi connectivity index (χ3n) is 3.55. The van der Waals surface area contributed by atoms with Gasteiger partial charge in [-0.05, 0) is 56.9 Å². The zero-order valence-electron chi connectivity index (χ0n) is 12.5. The summed E-state index contributed by atoms with van der Waals surface area (Å²) >= 11 is 0. The minimum Gasteiger partial charge on any atom is -0.389 e. The summed E-state index contributed by atoms with van der Waals surface area (Å²) in [6.07, 6.45) is 2.65. The maximum absolute atomic E-state index is 9.87. The molecule has 1 fully saturated rings. The average molecular weight is 262 g/mol. The van der Waals surface area contributed by atoms with Crippen molar-refractivity contribution >= 4 is 5.69 Å². The predicted octanol–water partition coefficient (Wildman–Crippen LogP) is 2.45. The van der Waals surface area contributed by atoms with Crippen LogP contribution >= 0.6 is 0 Å². The van der Waals surface area contributed by atoms with E-state index in [1.807, 2.05) is 20.9 Å². The van der Waals surface area contributed by atoms with Gasteiger partial charge in [0.05, 0.1) is 5.60 Å². The molecule has 2 N–H and O–H groups in total. The van der Waals surface area contributed by atoms with Gasteiger partial charge in [-0.3, -0.25) is 0 Å². The van der Waals surface area contributed by atoms with Gasteiger partial charge in [-0.2, -0.15) is 0 Å². The van der Waals surface area contributed by atoms with Crippen LogP contribution in [-0.4, -0.2) is 30.3 Å². The fourth-order valence-electron chi connectivity index (χ4n) is 2.33. The third-order valence-corrected chi connectivity index (χ3v) is 3.55. The highest BCUT2D eigenvalue weighted by molar-refractivity contribution is 5.50. The van der Waals surface area contributed by atoms with Crippen LogP contribution in [0, 0.1) is 6.92 Å². The summed E-state index contributed by atoms with van der Waals surface area (Å²) in [5.74, 6) is 0. The van der Waals surface area contributed by atoms with Crippen LogP contribution in [0.15, 0.2) is 18.2 Å². The van der Waals surface area contributed by atoms with Crippen LogP contribution in [0.1, 0.15) is 37.8 Å². The number of rotatable bonds is 6. The van der Waals surface area contributed by atoms with Gasteiger partial charge in [0.1, 0.15) is 0 Å². The molecule has 3 nitrogen and oxygen atoms in total. The van der Waals surface area contributed by atoms with E-state index in [2.05, 4.69) is 35.3 Å². The van der Waals surface area contributed by atoms with Gasteiger partial charge < -0.3 is 15.3 Å². The SMILES string of the molecule is Cc1cc(N(C)CC(C)(C)O)ccc1CNC1CC1. The molecule has 1 aromatic carbocycles. The number of benzene rings is 1. The predicted molar refractivity (Wildman–Crippen MR) is 80.6 cm³/mol. The van der Waals surface area contributed by atoms with E-state index in [1.165, 1.54) is 24.0 Å². The molecule has 1 saturated carbocycles. The Balaban J connectivity index is 2.00. The second kappa shape index (κ2) is 5.51. The maximum Gasteiger partial charge on any atom is 0.0765 e. The maximum atomic E-state index is 9.87. The van der Waals surface area contributed by atoms with Crippen LogP contribution in [0.3, 0.4) is 0 Å². The number of nitrogens with one attached hydrogen (secondary N) is 1. The zero-order valence-corrected chi connectivity index (χ0v) is 12.5. The second-order valence-corrected chi connectivity index (χ2v) is 6.43. The fraction of sp³-hybridized carbons (Fsp3) is 0.625. The number of hydrogen-bond donors (Lipinski definition) is 2. The lowest BCUT2D eigenvalue weighted by Gasteiger charge is -2.27. The van der Waals surface area contributed by atoms with Gasteiger partial charge in [0, 0.05) is 31.9 Å². The Hall–Kier alpha value is -1.06. The Morgan fingerprint density at radius 2 is 2.05 bits per heavy atom. The lowest BCUT2D eigenvalue weighted by molar-refractivity contribution is 0.0886. The quantitative estimate of drug-likeness (QED) is 0.826. The molecule has 1 aliphatic rings. The molecule has 0 aromatic heterocycles. The van der Waals surface area contributed by atoms with Gasteiger partial charge in [0.25, 0.3) is 0 Å². The van der Waals surface area contributed by atoms with Gasteiger partial charge in [0.15, 0.2) is 0 Å². The first-order chi connectivity index (χ1) is 8.85. The topological polar surface area (TPSA) is 35.5 Å². The van der Waals surface area contributed by atoms with Gasteiger partial charge in [-0.15, -0.1) is 0 Å². The van der Waals surface area contributed by atoms with Crippen molar-refractivity contribution in [2.45, 2.75) is 51.8 Å². The van der Waals surface area contributed by atoms with Crippen molar-refractivity contribution in [3.63, 3.8) is 0 Å². The molecule has 3 heteroatoms. The van der Waals surface area contributed by atoms with E-state index in [9.17, 15) is 5.11 Å². The fourth-order valence-corrected chi connectivity index (χ4v) is 2.33. The van der Waals surface area contributed by atoms with Crippen LogP contribution < -0.4 is 10.2 Å². The molecule has 0 spiro atoms. The lowest BCUT2D eigenvalue weighted by atomic mass is 10.1. The molecule has 2 rings (SSSR count). The number of nitrogens with zero attached hydrogens (tertiary/aromatic N) is 1. The summed E-state index contributed by atoms with van der Waals surface area (Å²) in [6.45, 7) is 7.43. The normalized spacial score (nSPS) is 15.6. The van der Waals surface area contributed by atoms with Gasteiger partial charge in [-0.1, -0.05) is 6.07 Å². The molecule has 0 bridgehead atoms. The van der Waals surface area contributed by atoms with Crippen LogP contribution in [-0.2, 0) is 6.54 Å². The Morgan fingerprint density at radius 3 is 2.58 bits per heavy atom. The van der Waals surface area contributed by atoms with Crippen molar-refractivity contribution in [1.82, 2.24) is 5.32 Å². The summed E-state index contributed by atoms with van der Waals surface area (Å²) in [5, 5.41) is 13.4. The van der Waals surface area contributed by atoms with Crippen molar-refractivity contribution in [2.24, 2.45) is 0 Å². The second-order valence-electron chi connectivity index (χ2n) is 6.43. The van der Waals surface area contributed by atoms with E-state index >= 15 is 0 Å². The van der Waals surface area contributed by atoms with E-state index < -0.39 is 5.60 Å². The van der Waals surface area contributed by atoms with E-state index in [4.69, 9.17) is 0 Å². The minimum absolute atomic E-state index is 0.631. The Labute approximate surface area is 116 Å². The summed E-state index contributed by atoms with van der Waals surface area (Å²) in [7, 11) is 2.02. The summed E-state index contributed by atoms with van der Waals surface area (Å²) < 4.78 is 0. The zero-order chi connectivity index (χ0) is 14.0. The number of likely N-dealkylation sites (N-methyl/N-ethyl adjacent to an activating group) is 1.